The molecule has 0 bridgehead atoms. The minimum Gasteiger partial charge on any atom is -0.507 e. The molecular weight excluding hydrogens is 390 g/mol. The molecule has 0 unspecified atom stereocenters. The Balaban J connectivity index is 1.44. The molecule has 0 spiro atoms. The Labute approximate surface area is 183 Å². The molecule has 2 aromatic rings. The summed E-state index contributed by atoms with van der Waals surface area (Å²) in [4.78, 5) is 15.9. The fourth-order valence-corrected chi connectivity index (χ4v) is 4.25. The third kappa shape index (κ3) is 5.05. The summed E-state index contributed by atoms with van der Waals surface area (Å²) in [6, 6.07) is 9.75. The van der Waals surface area contributed by atoms with Crippen molar-refractivity contribution in [1.82, 2.24) is 15.1 Å². The average Bonchev–Trinajstić information content (AvgIpc) is 2.95. The van der Waals surface area contributed by atoms with Crippen molar-refractivity contribution < 1.29 is 9.90 Å². The van der Waals surface area contributed by atoms with Crippen molar-refractivity contribution in [3.8, 4) is 17.0 Å². The van der Waals surface area contributed by atoms with Crippen LogP contribution in [0, 0.1) is 0 Å². The third-order valence-electron chi connectivity index (χ3n) is 6.38. The van der Waals surface area contributed by atoms with E-state index >= 15 is 0 Å². The second-order valence-electron chi connectivity index (χ2n) is 8.61. The summed E-state index contributed by atoms with van der Waals surface area (Å²) < 4.78 is 0. The molecule has 7 nitrogen and oxygen atoms in total. The molecule has 7 heteroatoms. The van der Waals surface area contributed by atoms with Gasteiger partial charge in [0.15, 0.2) is 5.82 Å². The van der Waals surface area contributed by atoms with Gasteiger partial charge in [-0.05, 0) is 61.6 Å². The number of nitrogens with zero attached hydrogens (tertiary/aromatic N) is 4. The first-order valence-electron chi connectivity index (χ1n) is 11.1. The molecular formula is C24H31N5O2. The Morgan fingerprint density at radius 2 is 1.97 bits per heavy atom. The van der Waals surface area contributed by atoms with Gasteiger partial charge in [0.25, 0.3) is 0 Å². The summed E-state index contributed by atoms with van der Waals surface area (Å²) in [7, 11) is 2.05. The van der Waals surface area contributed by atoms with Gasteiger partial charge in [0.2, 0.25) is 5.91 Å². The van der Waals surface area contributed by atoms with Crippen molar-refractivity contribution in [2.45, 2.75) is 50.6 Å². The summed E-state index contributed by atoms with van der Waals surface area (Å²) in [5.74, 6) is 0.935. The first kappa shape index (κ1) is 21.3. The zero-order valence-electron chi connectivity index (χ0n) is 18.1. The van der Waals surface area contributed by atoms with Crippen LogP contribution in [0.15, 0.2) is 36.4 Å². The van der Waals surface area contributed by atoms with Gasteiger partial charge in [0.1, 0.15) is 5.75 Å². The number of nitrogens with two attached hydrogens (primary N) is 1. The Kier molecular flexibility index (Phi) is 6.51. The van der Waals surface area contributed by atoms with E-state index in [1.165, 1.54) is 12.8 Å². The van der Waals surface area contributed by atoms with E-state index in [-0.39, 0.29) is 17.7 Å². The SMILES string of the molecule is CN(c1ccc(-c2ccc(/C=C/C(=O)N3CCC3)cc2O)nn1)[C@H]1CCCC[C@@H](N)C1. The predicted molar refractivity (Wildman–Crippen MR) is 123 cm³/mol. The van der Waals surface area contributed by atoms with Crippen molar-refractivity contribution in [2.75, 3.05) is 25.0 Å². The van der Waals surface area contributed by atoms with Crippen LogP contribution >= 0.6 is 0 Å². The van der Waals surface area contributed by atoms with Gasteiger partial charge >= 0.3 is 0 Å². The molecule has 1 aliphatic carbocycles. The highest BCUT2D eigenvalue weighted by Crippen LogP contribution is 2.30. The molecule has 2 fully saturated rings. The molecule has 1 saturated carbocycles. The Bertz CT molecular complexity index is 939. The number of hydrogen-bond donors (Lipinski definition) is 2. The fourth-order valence-electron chi connectivity index (χ4n) is 4.25. The number of hydrogen-bond acceptors (Lipinski definition) is 6. The first-order chi connectivity index (χ1) is 15.0. The lowest BCUT2D eigenvalue weighted by Crippen LogP contribution is -2.40. The van der Waals surface area contributed by atoms with Gasteiger partial charge in [-0.25, -0.2) is 0 Å². The number of amides is 1. The molecule has 1 aromatic carbocycles. The molecule has 1 amide bonds. The van der Waals surface area contributed by atoms with Gasteiger partial charge in [-0.3, -0.25) is 4.79 Å². The molecule has 2 atom stereocenters. The lowest BCUT2D eigenvalue weighted by Gasteiger charge is -2.29. The molecule has 4 rings (SSSR count). The van der Waals surface area contributed by atoms with Crippen LogP contribution in [0.3, 0.4) is 0 Å². The fraction of sp³-hybridized carbons (Fsp3) is 0.458. The lowest BCUT2D eigenvalue weighted by atomic mass is 10.0. The number of aromatic hydroxyl groups is 1. The van der Waals surface area contributed by atoms with Crippen molar-refractivity contribution in [2.24, 2.45) is 5.73 Å². The Morgan fingerprint density at radius 3 is 2.65 bits per heavy atom. The Hall–Kier alpha value is -2.93. The van der Waals surface area contributed by atoms with E-state index in [9.17, 15) is 9.90 Å². The third-order valence-corrected chi connectivity index (χ3v) is 6.38. The summed E-state index contributed by atoms with van der Waals surface area (Å²) in [6.07, 6.45) is 9.90. The van der Waals surface area contributed by atoms with E-state index < -0.39 is 0 Å². The minimum atomic E-state index is 0.00927. The molecule has 31 heavy (non-hydrogen) atoms. The van der Waals surface area contributed by atoms with Crippen molar-refractivity contribution in [1.29, 1.82) is 0 Å². The number of anilines is 1. The van der Waals surface area contributed by atoms with E-state index in [0.717, 1.165) is 50.2 Å². The van der Waals surface area contributed by atoms with Crippen LogP contribution in [-0.4, -0.2) is 58.3 Å². The van der Waals surface area contributed by atoms with Crippen LogP contribution in [0.25, 0.3) is 17.3 Å². The van der Waals surface area contributed by atoms with Crippen LogP contribution in [0.5, 0.6) is 5.75 Å². The largest absolute Gasteiger partial charge is 0.507 e. The summed E-state index contributed by atoms with van der Waals surface area (Å²) in [5, 5.41) is 19.3. The maximum absolute atomic E-state index is 12.0. The van der Waals surface area contributed by atoms with Gasteiger partial charge in [-0.15, -0.1) is 10.2 Å². The van der Waals surface area contributed by atoms with E-state index in [1.807, 2.05) is 25.2 Å². The topological polar surface area (TPSA) is 95.6 Å². The molecule has 164 valence electrons. The quantitative estimate of drug-likeness (QED) is 0.569. The number of carbonyl (C=O) groups is 1. The highest BCUT2D eigenvalue weighted by Gasteiger charge is 2.22. The highest BCUT2D eigenvalue weighted by molar-refractivity contribution is 5.92. The molecule has 1 aliphatic heterocycles. The Morgan fingerprint density at radius 1 is 1.16 bits per heavy atom. The average molecular weight is 422 g/mol. The van der Waals surface area contributed by atoms with Gasteiger partial charge in [-0.2, -0.15) is 0 Å². The van der Waals surface area contributed by atoms with Crippen molar-refractivity contribution >= 4 is 17.8 Å². The lowest BCUT2D eigenvalue weighted by molar-refractivity contribution is -0.129. The van der Waals surface area contributed by atoms with Gasteiger partial charge < -0.3 is 20.6 Å². The molecule has 1 aromatic heterocycles. The van der Waals surface area contributed by atoms with Gasteiger partial charge in [0, 0.05) is 43.9 Å². The van der Waals surface area contributed by atoms with Crippen LogP contribution in [0.2, 0.25) is 0 Å². The first-order valence-corrected chi connectivity index (χ1v) is 11.1. The molecule has 3 N–H and O–H groups in total. The standard InChI is InChI=1S/C24H31N5O2/c1-28(19-6-3-2-5-18(25)16-19)23-11-10-21(26-27-23)20-9-7-17(15-22(20)30)8-12-24(31)29-13-4-14-29/h7-12,15,18-19,30H,2-6,13-14,16,25H2,1H3/b12-8+/t18-,19+/m1/s1. The maximum Gasteiger partial charge on any atom is 0.246 e. The highest BCUT2D eigenvalue weighted by atomic mass is 16.3. The number of benzene rings is 1. The summed E-state index contributed by atoms with van der Waals surface area (Å²) >= 11 is 0. The van der Waals surface area contributed by atoms with Crippen LogP contribution < -0.4 is 10.6 Å². The van der Waals surface area contributed by atoms with E-state index in [0.29, 0.717) is 17.3 Å². The number of carbonyl (C=O) groups excluding carboxylic acids is 1. The molecule has 1 saturated heterocycles. The normalized spacial score (nSPS) is 21.5. The zero-order chi connectivity index (χ0) is 21.8. The van der Waals surface area contributed by atoms with E-state index in [2.05, 4.69) is 15.1 Å². The van der Waals surface area contributed by atoms with Crippen molar-refractivity contribution in [3.05, 3.63) is 42.0 Å². The number of phenolic OH excluding ortho intramolecular Hbond substituents is 1. The van der Waals surface area contributed by atoms with E-state index in [4.69, 9.17) is 5.73 Å². The monoisotopic (exact) mass is 421 g/mol. The predicted octanol–water partition coefficient (Wildman–Crippen LogP) is 3.19. The van der Waals surface area contributed by atoms with Crippen LogP contribution in [0.1, 0.15) is 44.1 Å². The van der Waals surface area contributed by atoms with Gasteiger partial charge in [-0.1, -0.05) is 18.9 Å². The summed E-state index contributed by atoms with van der Waals surface area (Å²) in [6.45, 7) is 1.65. The maximum atomic E-state index is 12.0. The zero-order valence-corrected chi connectivity index (χ0v) is 18.1. The minimum absolute atomic E-state index is 0.00927. The van der Waals surface area contributed by atoms with Crippen LogP contribution in [0.4, 0.5) is 5.82 Å². The summed E-state index contributed by atoms with van der Waals surface area (Å²) in [5.41, 5.74) is 8.21. The molecule has 2 heterocycles. The number of rotatable bonds is 5. The number of likely N-dealkylation sites (tertiary alicyclic amines) is 1. The number of phenols is 1. The van der Waals surface area contributed by atoms with Crippen molar-refractivity contribution in [3.63, 3.8) is 0 Å². The van der Waals surface area contributed by atoms with Gasteiger partial charge in [0.05, 0.1) is 5.69 Å². The second kappa shape index (κ2) is 9.47. The van der Waals surface area contributed by atoms with E-state index in [1.54, 1.807) is 29.2 Å². The molecule has 2 aliphatic rings. The van der Waals surface area contributed by atoms with Crippen LogP contribution in [-0.2, 0) is 4.79 Å². The second-order valence-corrected chi connectivity index (χ2v) is 8.61. The number of aromatic nitrogens is 2. The molecule has 0 radical (unpaired) electrons. The smallest absolute Gasteiger partial charge is 0.246 e.